The summed E-state index contributed by atoms with van der Waals surface area (Å²) in [5.41, 5.74) is -0.186. The van der Waals surface area contributed by atoms with Crippen molar-refractivity contribution in [3.8, 4) is 5.75 Å². The topological polar surface area (TPSA) is 79.5 Å². The lowest BCUT2D eigenvalue weighted by Gasteiger charge is -2.14. The van der Waals surface area contributed by atoms with E-state index in [-0.39, 0.29) is 17.3 Å². The summed E-state index contributed by atoms with van der Waals surface area (Å²) < 4.78 is 1.06. The van der Waals surface area contributed by atoms with Gasteiger partial charge in [-0.25, -0.2) is 4.79 Å². The molecule has 1 heterocycles. The highest BCUT2D eigenvalue weighted by Gasteiger charge is 2.21. The second-order valence-electron chi connectivity index (χ2n) is 5.07. The monoisotopic (exact) mass is 329 g/mol. The van der Waals surface area contributed by atoms with E-state index in [0.29, 0.717) is 5.02 Å². The fourth-order valence-corrected chi connectivity index (χ4v) is 2.71. The van der Waals surface area contributed by atoms with Crippen molar-refractivity contribution >= 4 is 28.3 Å². The minimum atomic E-state index is -1.38. The van der Waals surface area contributed by atoms with Crippen LogP contribution in [0.1, 0.15) is 16.1 Å². The highest BCUT2D eigenvalue weighted by molar-refractivity contribution is 6.31. The Morgan fingerprint density at radius 3 is 2.43 bits per heavy atom. The zero-order valence-corrected chi connectivity index (χ0v) is 12.6. The third kappa shape index (κ3) is 2.66. The van der Waals surface area contributed by atoms with Gasteiger partial charge in [0.2, 0.25) is 0 Å². The highest BCUT2D eigenvalue weighted by atomic mass is 35.5. The zero-order valence-electron chi connectivity index (χ0n) is 11.9. The van der Waals surface area contributed by atoms with E-state index in [2.05, 4.69) is 0 Å². The van der Waals surface area contributed by atoms with E-state index in [4.69, 9.17) is 11.6 Å². The molecule has 5 nitrogen and oxygen atoms in total. The van der Waals surface area contributed by atoms with Gasteiger partial charge in [0.1, 0.15) is 0 Å². The molecule has 2 N–H and O–H groups in total. The standard InChI is InChI=1S/C17H12ClNO4/c18-11-6-7-12-13(8-11)15(20)14(17(22)23)19(16(12)21)9-10-4-2-1-3-5-10/h1-8,20H,9H2,(H,22,23). The lowest BCUT2D eigenvalue weighted by Crippen LogP contribution is -2.27. The number of hydrogen-bond acceptors (Lipinski definition) is 3. The number of nitrogens with zero attached hydrogens (tertiary/aromatic N) is 1. The van der Waals surface area contributed by atoms with Crippen molar-refractivity contribution in [2.45, 2.75) is 6.54 Å². The Kier molecular flexibility index (Phi) is 3.80. The van der Waals surface area contributed by atoms with Gasteiger partial charge in [0, 0.05) is 10.4 Å². The molecule has 0 unspecified atom stereocenters. The average Bonchev–Trinajstić information content (AvgIpc) is 2.53. The molecule has 0 aliphatic heterocycles. The molecular weight excluding hydrogens is 318 g/mol. The first-order chi connectivity index (χ1) is 11.0. The van der Waals surface area contributed by atoms with Gasteiger partial charge in [-0.3, -0.25) is 9.36 Å². The fourth-order valence-electron chi connectivity index (χ4n) is 2.53. The van der Waals surface area contributed by atoms with Gasteiger partial charge in [-0.05, 0) is 23.8 Å². The number of aromatic nitrogens is 1. The molecule has 0 amide bonds. The van der Waals surface area contributed by atoms with Crippen LogP contribution >= 0.6 is 11.6 Å². The molecule has 6 heteroatoms. The number of pyridine rings is 1. The quantitative estimate of drug-likeness (QED) is 0.773. The average molecular weight is 330 g/mol. The molecule has 0 aliphatic carbocycles. The van der Waals surface area contributed by atoms with Crippen LogP contribution in [0.3, 0.4) is 0 Å². The summed E-state index contributed by atoms with van der Waals surface area (Å²) >= 11 is 5.88. The lowest BCUT2D eigenvalue weighted by atomic mass is 10.1. The van der Waals surface area contributed by atoms with E-state index < -0.39 is 23.0 Å². The van der Waals surface area contributed by atoms with Gasteiger partial charge >= 0.3 is 5.97 Å². The number of carboxylic acid groups (broad SMARTS) is 1. The van der Waals surface area contributed by atoms with Crippen LogP contribution in [0.15, 0.2) is 53.3 Å². The molecule has 0 bridgehead atoms. The molecule has 1 aromatic heterocycles. The summed E-state index contributed by atoms with van der Waals surface area (Å²) in [4.78, 5) is 24.2. The van der Waals surface area contributed by atoms with Crippen molar-refractivity contribution in [2.75, 3.05) is 0 Å². The molecule has 0 spiro atoms. The largest absolute Gasteiger partial charge is 0.505 e. The third-order valence-corrected chi connectivity index (χ3v) is 3.83. The molecule has 2 aromatic carbocycles. The minimum Gasteiger partial charge on any atom is -0.505 e. The Bertz CT molecular complexity index is 964. The van der Waals surface area contributed by atoms with E-state index in [0.717, 1.165) is 10.1 Å². The Balaban J connectivity index is 2.34. The predicted octanol–water partition coefficient (Wildman–Crippen LogP) is 3.11. The van der Waals surface area contributed by atoms with Crippen LogP contribution in [0.4, 0.5) is 0 Å². The van der Waals surface area contributed by atoms with Crippen LogP contribution in [0, 0.1) is 0 Å². The van der Waals surface area contributed by atoms with Crippen LogP contribution in [0.2, 0.25) is 5.02 Å². The van der Waals surface area contributed by atoms with Crippen LogP contribution in [-0.4, -0.2) is 20.7 Å². The number of rotatable bonds is 3. The van der Waals surface area contributed by atoms with Gasteiger partial charge in [-0.1, -0.05) is 41.9 Å². The Labute approximate surface area is 136 Å². The predicted molar refractivity (Wildman–Crippen MR) is 87.4 cm³/mol. The normalized spacial score (nSPS) is 10.8. The number of carboxylic acids is 1. The number of aromatic carboxylic acids is 1. The molecular formula is C17H12ClNO4. The zero-order chi connectivity index (χ0) is 16.6. The van der Waals surface area contributed by atoms with Crippen molar-refractivity contribution in [3.05, 3.63) is 75.2 Å². The van der Waals surface area contributed by atoms with E-state index >= 15 is 0 Å². The Hall–Kier alpha value is -2.79. The maximum absolute atomic E-state index is 12.7. The maximum Gasteiger partial charge on any atom is 0.356 e. The maximum atomic E-state index is 12.7. The van der Waals surface area contributed by atoms with E-state index in [9.17, 15) is 19.8 Å². The fraction of sp³-hybridized carbons (Fsp3) is 0.0588. The summed E-state index contributed by atoms with van der Waals surface area (Å²) in [6.07, 6.45) is 0. The number of halogens is 1. The van der Waals surface area contributed by atoms with Gasteiger partial charge < -0.3 is 10.2 Å². The number of benzene rings is 2. The van der Waals surface area contributed by atoms with Crippen LogP contribution in [0.25, 0.3) is 10.8 Å². The summed E-state index contributed by atoms with van der Waals surface area (Å²) in [5, 5.41) is 20.4. The molecule has 0 radical (unpaired) electrons. The van der Waals surface area contributed by atoms with Crippen molar-refractivity contribution in [3.63, 3.8) is 0 Å². The molecule has 3 rings (SSSR count). The van der Waals surface area contributed by atoms with Crippen LogP contribution in [-0.2, 0) is 6.54 Å². The van der Waals surface area contributed by atoms with Gasteiger partial charge in [-0.2, -0.15) is 0 Å². The molecule has 0 aliphatic rings. The molecule has 0 atom stereocenters. The third-order valence-electron chi connectivity index (χ3n) is 3.59. The highest BCUT2D eigenvalue weighted by Crippen LogP contribution is 2.29. The summed E-state index contributed by atoms with van der Waals surface area (Å²) in [5.74, 6) is -1.84. The molecule has 23 heavy (non-hydrogen) atoms. The molecule has 116 valence electrons. The summed E-state index contributed by atoms with van der Waals surface area (Å²) in [6.45, 7) is 0.0490. The van der Waals surface area contributed by atoms with Crippen molar-refractivity contribution in [1.82, 2.24) is 4.57 Å². The van der Waals surface area contributed by atoms with Crippen LogP contribution < -0.4 is 5.56 Å². The number of aromatic hydroxyl groups is 1. The van der Waals surface area contributed by atoms with E-state index in [1.54, 1.807) is 24.3 Å². The van der Waals surface area contributed by atoms with Crippen molar-refractivity contribution < 1.29 is 15.0 Å². The summed E-state index contributed by atoms with van der Waals surface area (Å²) in [7, 11) is 0. The number of hydrogen-bond donors (Lipinski definition) is 2. The molecule has 0 fully saturated rings. The second kappa shape index (κ2) is 5.78. The molecule has 3 aromatic rings. The lowest BCUT2D eigenvalue weighted by molar-refractivity contribution is 0.0680. The van der Waals surface area contributed by atoms with Gasteiger partial charge in [0.15, 0.2) is 11.4 Å². The second-order valence-corrected chi connectivity index (χ2v) is 5.51. The number of carbonyl (C=O) groups is 1. The van der Waals surface area contributed by atoms with E-state index in [1.807, 2.05) is 6.07 Å². The van der Waals surface area contributed by atoms with Crippen molar-refractivity contribution in [2.24, 2.45) is 0 Å². The van der Waals surface area contributed by atoms with E-state index in [1.165, 1.54) is 18.2 Å². The Morgan fingerprint density at radius 2 is 1.78 bits per heavy atom. The van der Waals surface area contributed by atoms with Crippen molar-refractivity contribution in [1.29, 1.82) is 0 Å². The first-order valence-electron chi connectivity index (χ1n) is 6.81. The molecule has 0 saturated carbocycles. The Morgan fingerprint density at radius 1 is 1.09 bits per heavy atom. The first-order valence-corrected chi connectivity index (χ1v) is 7.19. The van der Waals surface area contributed by atoms with Gasteiger partial charge in [-0.15, -0.1) is 0 Å². The van der Waals surface area contributed by atoms with Crippen LogP contribution in [0.5, 0.6) is 5.75 Å². The summed E-state index contributed by atoms with van der Waals surface area (Å²) in [6, 6.07) is 13.4. The smallest absolute Gasteiger partial charge is 0.356 e. The SMILES string of the molecule is O=C(O)c1c(O)c2cc(Cl)ccc2c(=O)n1Cc1ccccc1. The minimum absolute atomic E-state index is 0.0490. The molecule has 0 saturated heterocycles. The van der Waals surface area contributed by atoms with Gasteiger partial charge in [0.25, 0.3) is 5.56 Å². The number of fused-ring (bicyclic) bond motifs is 1. The van der Waals surface area contributed by atoms with Gasteiger partial charge in [0.05, 0.1) is 11.9 Å². The first kappa shape index (κ1) is 15.1.